The van der Waals surface area contributed by atoms with Gasteiger partial charge in [0.05, 0.1) is 7.11 Å². The quantitative estimate of drug-likeness (QED) is 0.758. The minimum absolute atomic E-state index is 0.00285. The van der Waals surface area contributed by atoms with Crippen LogP contribution < -0.4 is 9.46 Å². The molecule has 7 nitrogen and oxygen atoms in total. The number of methoxy groups -OCH3 is 1. The Hall–Kier alpha value is -1.64. The first kappa shape index (κ1) is 20.1. The minimum atomic E-state index is -3.76. The molecule has 1 saturated heterocycles. The van der Waals surface area contributed by atoms with Crippen LogP contribution in [0.5, 0.6) is 5.75 Å². The van der Waals surface area contributed by atoms with Crippen LogP contribution in [0.15, 0.2) is 23.1 Å². The van der Waals surface area contributed by atoms with Crippen molar-refractivity contribution in [3.8, 4) is 5.75 Å². The van der Waals surface area contributed by atoms with Crippen LogP contribution in [0.4, 0.5) is 0 Å². The molecule has 0 spiro atoms. The third-order valence-corrected chi connectivity index (χ3v) is 6.64. The number of nitrogens with zero attached hydrogens (tertiary/aromatic N) is 2. The highest BCUT2D eigenvalue weighted by Gasteiger charge is 2.29. The van der Waals surface area contributed by atoms with Crippen LogP contribution in [-0.2, 0) is 10.0 Å². The lowest BCUT2D eigenvalue weighted by atomic mass is 10.1. The molecule has 8 heteroatoms. The van der Waals surface area contributed by atoms with Crippen LogP contribution in [0.3, 0.4) is 0 Å². The van der Waals surface area contributed by atoms with Gasteiger partial charge in [-0.05, 0) is 50.8 Å². The van der Waals surface area contributed by atoms with Gasteiger partial charge in [0, 0.05) is 44.3 Å². The van der Waals surface area contributed by atoms with Gasteiger partial charge in [0.1, 0.15) is 10.6 Å². The largest absolute Gasteiger partial charge is 0.495 e. The number of carbonyl (C=O) groups excluding carboxylic acids is 1. The summed E-state index contributed by atoms with van der Waals surface area (Å²) in [6, 6.07) is 4.35. The van der Waals surface area contributed by atoms with Gasteiger partial charge in [-0.25, -0.2) is 13.1 Å². The van der Waals surface area contributed by atoms with Crippen molar-refractivity contribution < 1.29 is 17.9 Å². The predicted molar refractivity (Wildman–Crippen MR) is 104 cm³/mol. The van der Waals surface area contributed by atoms with Crippen molar-refractivity contribution >= 4 is 15.9 Å². The van der Waals surface area contributed by atoms with E-state index in [4.69, 9.17) is 4.74 Å². The molecule has 1 N–H and O–H groups in total. The zero-order valence-electron chi connectivity index (χ0n) is 16.3. The second-order valence-electron chi connectivity index (χ2n) is 7.68. The average Bonchev–Trinajstić information content (AvgIpc) is 3.44. The van der Waals surface area contributed by atoms with Gasteiger partial charge >= 0.3 is 0 Å². The summed E-state index contributed by atoms with van der Waals surface area (Å²) in [5, 5.41) is 0. The van der Waals surface area contributed by atoms with Gasteiger partial charge in [-0.15, -0.1) is 0 Å². The van der Waals surface area contributed by atoms with Crippen molar-refractivity contribution in [2.24, 2.45) is 5.92 Å². The Morgan fingerprint density at radius 3 is 2.44 bits per heavy atom. The second-order valence-corrected chi connectivity index (χ2v) is 9.36. The minimum Gasteiger partial charge on any atom is -0.495 e. The fourth-order valence-corrected chi connectivity index (χ4v) is 4.82. The van der Waals surface area contributed by atoms with E-state index in [1.807, 2.05) is 0 Å². The first-order valence-electron chi connectivity index (χ1n) is 9.52. The molecule has 1 heterocycles. The van der Waals surface area contributed by atoms with E-state index in [-0.39, 0.29) is 22.6 Å². The predicted octanol–water partition coefficient (Wildman–Crippen LogP) is 1.55. The Morgan fingerprint density at radius 1 is 1.22 bits per heavy atom. The van der Waals surface area contributed by atoms with Gasteiger partial charge < -0.3 is 9.64 Å². The summed E-state index contributed by atoms with van der Waals surface area (Å²) in [5.41, 5.74) is 0.371. The Kier molecular flexibility index (Phi) is 6.08. The number of hydrogen-bond donors (Lipinski definition) is 1. The van der Waals surface area contributed by atoms with Crippen LogP contribution in [0.1, 0.15) is 37.0 Å². The summed E-state index contributed by atoms with van der Waals surface area (Å²) in [6.07, 6.45) is 2.65. The maximum atomic E-state index is 12.9. The van der Waals surface area contributed by atoms with Gasteiger partial charge in [-0.2, -0.15) is 0 Å². The van der Waals surface area contributed by atoms with Crippen molar-refractivity contribution in [2.75, 3.05) is 39.8 Å². The molecular formula is C19H29N3O4S. The first-order valence-corrected chi connectivity index (χ1v) is 11.0. The van der Waals surface area contributed by atoms with Gasteiger partial charge in [0.2, 0.25) is 10.0 Å². The molecular weight excluding hydrogens is 366 g/mol. The van der Waals surface area contributed by atoms with Gasteiger partial charge in [0.15, 0.2) is 0 Å². The molecule has 0 atom stereocenters. The molecule has 0 unspecified atom stereocenters. The van der Waals surface area contributed by atoms with E-state index in [1.54, 1.807) is 30.9 Å². The normalized spacial score (nSPS) is 18.7. The van der Waals surface area contributed by atoms with Crippen LogP contribution >= 0.6 is 0 Å². The standard InChI is InChI=1S/C19H29N3O4S/c1-14(2)20-27(24,25)18-12-16(6-7-17(18)26-3)19(23)22-10-8-21(9-11-22)13-15-4-5-15/h6-7,12,14-15,20H,4-5,8-11,13H2,1-3H3. The summed E-state index contributed by atoms with van der Waals surface area (Å²) in [7, 11) is -2.34. The fraction of sp³-hybridized carbons (Fsp3) is 0.632. The van der Waals surface area contributed by atoms with E-state index in [0.29, 0.717) is 18.7 Å². The number of nitrogens with one attached hydrogen (secondary N) is 1. The van der Waals surface area contributed by atoms with Crippen molar-refractivity contribution in [3.05, 3.63) is 23.8 Å². The number of piperazine rings is 1. The van der Waals surface area contributed by atoms with Crippen LogP contribution in [-0.4, -0.2) is 70.0 Å². The van der Waals surface area contributed by atoms with Crippen LogP contribution in [0.25, 0.3) is 0 Å². The summed E-state index contributed by atoms with van der Waals surface area (Å²) < 4.78 is 33.0. The number of rotatable bonds is 7. The monoisotopic (exact) mass is 395 g/mol. The summed E-state index contributed by atoms with van der Waals surface area (Å²) >= 11 is 0. The van der Waals surface area contributed by atoms with Crippen LogP contribution in [0, 0.1) is 5.92 Å². The first-order chi connectivity index (χ1) is 12.8. The Labute approximate surface area is 161 Å². The summed E-state index contributed by atoms with van der Waals surface area (Å²) in [4.78, 5) is 17.1. The SMILES string of the molecule is COc1ccc(C(=O)N2CCN(CC3CC3)CC2)cc1S(=O)(=O)NC(C)C. The highest BCUT2D eigenvalue weighted by atomic mass is 32.2. The van der Waals surface area contributed by atoms with E-state index in [1.165, 1.54) is 26.0 Å². The Bertz CT molecular complexity index is 782. The molecule has 2 aliphatic rings. The molecule has 2 fully saturated rings. The molecule has 1 aliphatic heterocycles. The lowest BCUT2D eigenvalue weighted by molar-refractivity contribution is 0.0631. The number of benzene rings is 1. The van der Waals surface area contributed by atoms with Crippen molar-refractivity contribution in [3.63, 3.8) is 0 Å². The number of hydrogen-bond acceptors (Lipinski definition) is 5. The molecule has 0 bridgehead atoms. The maximum absolute atomic E-state index is 12.9. The zero-order valence-corrected chi connectivity index (χ0v) is 17.1. The van der Waals surface area contributed by atoms with Gasteiger partial charge in [0.25, 0.3) is 5.91 Å². The van der Waals surface area contributed by atoms with E-state index < -0.39 is 10.0 Å². The van der Waals surface area contributed by atoms with E-state index in [2.05, 4.69) is 9.62 Å². The summed E-state index contributed by atoms with van der Waals surface area (Å²) in [6.45, 7) is 7.72. The summed E-state index contributed by atoms with van der Waals surface area (Å²) in [5.74, 6) is 0.939. The van der Waals surface area contributed by atoms with Crippen molar-refractivity contribution in [2.45, 2.75) is 37.6 Å². The lowest BCUT2D eigenvalue weighted by Crippen LogP contribution is -2.49. The third kappa shape index (κ3) is 5.00. The number of sulfonamides is 1. The van der Waals surface area contributed by atoms with Gasteiger partial charge in [-0.3, -0.25) is 9.69 Å². The fourth-order valence-electron chi connectivity index (χ4n) is 3.38. The Morgan fingerprint density at radius 2 is 1.89 bits per heavy atom. The molecule has 1 saturated carbocycles. The van der Waals surface area contributed by atoms with Gasteiger partial charge in [-0.1, -0.05) is 0 Å². The zero-order chi connectivity index (χ0) is 19.6. The number of ether oxygens (including phenoxy) is 1. The second kappa shape index (κ2) is 8.16. The molecule has 1 aromatic rings. The van der Waals surface area contributed by atoms with Crippen molar-refractivity contribution in [1.29, 1.82) is 0 Å². The topological polar surface area (TPSA) is 79.0 Å². The van der Waals surface area contributed by atoms with E-state index >= 15 is 0 Å². The highest BCUT2D eigenvalue weighted by molar-refractivity contribution is 7.89. The maximum Gasteiger partial charge on any atom is 0.253 e. The Balaban J connectivity index is 1.74. The van der Waals surface area contributed by atoms with E-state index in [9.17, 15) is 13.2 Å². The molecule has 150 valence electrons. The van der Waals surface area contributed by atoms with Crippen LogP contribution in [0.2, 0.25) is 0 Å². The molecule has 1 aliphatic carbocycles. The molecule has 0 radical (unpaired) electrons. The van der Waals surface area contributed by atoms with Crippen molar-refractivity contribution in [1.82, 2.24) is 14.5 Å². The molecule has 1 amide bonds. The van der Waals surface area contributed by atoms with E-state index in [0.717, 1.165) is 25.6 Å². The lowest BCUT2D eigenvalue weighted by Gasteiger charge is -2.34. The smallest absolute Gasteiger partial charge is 0.253 e. The molecule has 1 aromatic carbocycles. The molecule has 3 rings (SSSR count). The highest BCUT2D eigenvalue weighted by Crippen LogP contribution is 2.30. The molecule has 0 aromatic heterocycles. The number of amides is 1. The third-order valence-electron chi connectivity index (χ3n) is 4.96. The average molecular weight is 396 g/mol. The molecule has 27 heavy (non-hydrogen) atoms. The number of carbonyl (C=O) groups is 1.